The summed E-state index contributed by atoms with van der Waals surface area (Å²) in [6.45, 7) is 4.16. The summed E-state index contributed by atoms with van der Waals surface area (Å²) >= 11 is 0. The van der Waals surface area contributed by atoms with Crippen molar-refractivity contribution in [1.29, 1.82) is 0 Å². The zero-order chi connectivity index (χ0) is 23.8. The molecule has 0 spiro atoms. The number of amides is 1. The Morgan fingerprint density at radius 2 is 1.50 bits per heavy atom. The molecule has 3 aromatic rings. The van der Waals surface area contributed by atoms with Gasteiger partial charge in [0.15, 0.2) is 0 Å². The Balaban J connectivity index is 1.51. The number of hydrogen-bond acceptors (Lipinski definition) is 2. The molecule has 0 aliphatic heterocycles. The fraction of sp³-hybridized carbons (Fsp3) is 0.467. The molecule has 4 rings (SSSR count). The summed E-state index contributed by atoms with van der Waals surface area (Å²) in [7, 11) is 0. The second-order valence-electron chi connectivity index (χ2n) is 9.94. The molecule has 2 heterocycles. The normalized spacial score (nSPS) is 16.9. The molecule has 4 nitrogen and oxygen atoms in total. The molecule has 34 heavy (non-hydrogen) atoms. The number of imidazole rings is 1. The van der Waals surface area contributed by atoms with E-state index in [1.807, 2.05) is 12.3 Å². The zero-order valence-corrected chi connectivity index (χ0v) is 20.9. The summed E-state index contributed by atoms with van der Waals surface area (Å²) in [4.78, 5) is 17.8. The first-order chi connectivity index (χ1) is 16.6. The van der Waals surface area contributed by atoms with E-state index in [0.717, 1.165) is 35.4 Å². The maximum Gasteiger partial charge on any atom is 0.244 e. The highest BCUT2D eigenvalue weighted by Crippen LogP contribution is 2.26. The van der Waals surface area contributed by atoms with Gasteiger partial charge in [0.05, 0.1) is 11.4 Å². The summed E-state index contributed by atoms with van der Waals surface area (Å²) in [6.07, 6.45) is 19.6. The molecule has 0 bridgehead atoms. The van der Waals surface area contributed by atoms with E-state index >= 15 is 0 Å². The third-order valence-electron chi connectivity index (χ3n) is 6.99. The van der Waals surface area contributed by atoms with Gasteiger partial charge in [-0.05, 0) is 50.5 Å². The molecule has 0 unspecified atom stereocenters. The zero-order valence-electron chi connectivity index (χ0n) is 20.9. The molecular weight excluding hydrogens is 418 g/mol. The van der Waals surface area contributed by atoms with Gasteiger partial charge in [-0.1, -0.05) is 87.6 Å². The lowest BCUT2D eigenvalue weighted by molar-refractivity contribution is -0.117. The number of aromatic nitrogens is 2. The number of carbonyl (C=O) groups excluding carboxylic acids is 1. The van der Waals surface area contributed by atoms with Crippen LogP contribution in [0.15, 0.2) is 48.7 Å². The Morgan fingerprint density at radius 1 is 0.882 bits per heavy atom. The Bertz CT molecular complexity index is 1100. The second-order valence-corrected chi connectivity index (χ2v) is 9.94. The van der Waals surface area contributed by atoms with Gasteiger partial charge in [0.1, 0.15) is 5.65 Å². The number of fused-ring (bicyclic) bond motifs is 1. The van der Waals surface area contributed by atoms with E-state index in [4.69, 9.17) is 4.98 Å². The highest BCUT2D eigenvalue weighted by atomic mass is 16.1. The fourth-order valence-corrected chi connectivity index (χ4v) is 4.96. The molecule has 1 aliphatic rings. The Morgan fingerprint density at radius 3 is 2.15 bits per heavy atom. The van der Waals surface area contributed by atoms with Crippen LogP contribution in [0.5, 0.6) is 0 Å². The first-order valence-corrected chi connectivity index (χ1v) is 13.1. The van der Waals surface area contributed by atoms with Crippen molar-refractivity contribution in [2.24, 2.45) is 0 Å². The van der Waals surface area contributed by atoms with Gasteiger partial charge in [-0.15, -0.1) is 0 Å². The predicted molar refractivity (Wildman–Crippen MR) is 142 cm³/mol. The standard InChI is InChI=1S/C30H39N3O/c1-23-14-16-25(17-15-23)30-27(33-21-20-24(2)22-28(33)32-30)18-19-29(34)31-26-12-10-8-6-4-3-5-7-9-11-13-26/h14-22,26H,3-13H2,1-2H3,(H,31,34)/b19-18+. The molecule has 0 atom stereocenters. The number of nitrogens with one attached hydrogen (secondary N) is 1. The molecule has 1 aliphatic carbocycles. The average Bonchev–Trinajstić information content (AvgIpc) is 3.17. The largest absolute Gasteiger partial charge is 0.350 e. The molecule has 1 fully saturated rings. The number of rotatable bonds is 4. The van der Waals surface area contributed by atoms with Crippen LogP contribution in [0, 0.1) is 13.8 Å². The van der Waals surface area contributed by atoms with Gasteiger partial charge in [-0.2, -0.15) is 0 Å². The average molecular weight is 458 g/mol. The lowest BCUT2D eigenvalue weighted by Gasteiger charge is -2.18. The van der Waals surface area contributed by atoms with Crippen LogP contribution in [0.2, 0.25) is 0 Å². The van der Waals surface area contributed by atoms with E-state index in [1.165, 1.54) is 68.9 Å². The molecule has 4 heteroatoms. The van der Waals surface area contributed by atoms with E-state index in [0.29, 0.717) is 0 Å². The minimum absolute atomic E-state index is 0.00554. The van der Waals surface area contributed by atoms with Gasteiger partial charge in [0.2, 0.25) is 5.91 Å². The van der Waals surface area contributed by atoms with Crippen molar-refractivity contribution in [2.45, 2.75) is 90.5 Å². The maximum atomic E-state index is 12.9. The van der Waals surface area contributed by atoms with Crippen molar-refractivity contribution >= 4 is 17.6 Å². The van der Waals surface area contributed by atoms with Crippen LogP contribution < -0.4 is 5.32 Å². The number of aryl methyl sites for hydroxylation is 2. The number of pyridine rings is 1. The van der Waals surface area contributed by atoms with E-state index < -0.39 is 0 Å². The Hall–Kier alpha value is -2.88. The van der Waals surface area contributed by atoms with Crippen LogP contribution in [0.1, 0.15) is 87.4 Å². The summed E-state index contributed by atoms with van der Waals surface area (Å²) in [5.74, 6) is -0.00554. The number of nitrogens with zero attached hydrogens (tertiary/aromatic N) is 2. The van der Waals surface area contributed by atoms with Crippen molar-refractivity contribution in [1.82, 2.24) is 14.7 Å². The molecule has 2 aromatic heterocycles. The minimum Gasteiger partial charge on any atom is -0.350 e. The minimum atomic E-state index is -0.00554. The first-order valence-electron chi connectivity index (χ1n) is 13.1. The second kappa shape index (κ2) is 12.0. The van der Waals surface area contributed by atoms with Gasteiger partial charge in [0.25, 0.3) is 0 Å². The van der Waals surface area contributed by atoms with E-state index in [9.17, 15) is 4.79 Å². The summed E-state index contributed by atoms with van der Waals surface area (Å²) in [5.41, 5.74) is 6.19. The summed E-state index contributed by atoms with van der Waals surface area (Å²) in [6, 6.07) is 12.9. The molecule has 180 valence electrons. The smallest absolute Gasteiger partial charge is 0.244 e. The van der Waals surface area contributed by atoms with Crippen LogP contribution in [-0.4, -0.2) is 21.3 Å². The van der Waals surface area contributed by atoms with E-state index in [2.05, 4.69) is 60.0 Å². The van der Waals surface area contributed by atoms with Crippen LogP contribution >= 0.6 is 0 Å². The van der Waals surface area contributed by atoms with Crippen molar-refractivity contribution in [3.8, 4) is 11.3 Å². The predicted octanol–water partition coefficient (Wildman–Crippen LogP) is 7.42. The van der Waals surface area contributed by atoms with Gasteiger partial charge >= 0.3 is 0 Å². The lowest BCUT2D eigenvalue weighted by Crippen LogP contribution is -2.33. The summed E-state index contributed by atoms with van der Waals surface area (Å²) in [5, 5.41) is 3.30. The number of carbonyl (C=O) groups is 1. The molecule has 1 N–H and O–H groups in total. The van der Waals surface area contributed by atoms with Crippen LogP contribution in [0.4, 0.5) is 0 Å². The molecule has 1 amide bonds. The fourth-order valence-electron chi connectivity index (χ4n) is 4.96. The molecular formula is C30H39N3O. The van der Waals surface area contributed by atoms with Gasteiger partial charge < -0.3 is 5.32 Å². The molecule has 0 radical (unpaired) electrons. The maximum absolute atomic E-state index is 12.9. The van der Waals surface area contributed by atoms with Crippen molar-refractivity contribution in [3.05, 3.63) is 65.5 Å². The van der Waals surface area contributed by atoms with Gasteiger partial charge in [-0.3, -0.25) is 9.20 Å². The third kappa shape index (κ3) is 6.59. The highest BCUT2D eigenvalue weighted by molar-refractivity contribution is 5.93. The third-order valence-corrected chi connectivity index (χ3v) is 6.99. The highest BCUT2D eigenvalue weighted by Gasteiger charge is 2.14. The number of benzene rings is 1. The molecule has 1 saturated carbocycles. The van der Waals surface area contributed by atoms with E-state index in [1.54, 1.807) is 6.08 Å². The SMILES string of the molecule is Cc1ccc(-c2nc3cc(C)ccn3c2/C=C/C(=O)NC2CCCCCCCCCCC2)cc1. The Labute approximate surface area is 204 Å². The monoisotopic (exact) mass is 457 g/mol. The topological polar surface area (TPSA) is 46.4 Å². The quantitative estimate of drug-likeness (QED) is 0.414. The van der Waals surface area contributed by atoms with E-state index in [-0.39, 0.29) is 11.9 Å². The number of hydrogen-bond donors (Lipinski definition) is 1. The van der Waals surface area contributed by atoms with Crippen molar-refractivity contribution in [3.63, 3.8) is 0 Å². The van der Waals surface area contributed by atoms with Gasteiger partial charge in [0, 0.05) is 23.9 Å². The van der Waals surface area contributed by atoms with Crippen LogP contribution in [0.25, 0.3) is 23.0 Å². The molecule has 0 saturated heterocycles. The van der Waals surface area contributed by atoms with Crippen molar-refractivity contribution in [2.75, 3.05) is 0 Å². The summed E-state index contributed by atoms with van der Waals surface area (Å²) < 4.78 is 2.07. The molecule has 1 aromatic carbocycles. The lowest BCUT2D eigenvalue weighted by atomic mass is 9.98. The van der Waals surface area contributed by atoms with Crippen LogP contribution in [-0.2, 0) is 4.79 Å². The van der Waals surface area contributed by atoms with Gasteiger partial charge in [-0.25, -0.2) is 4.98 Å². The van der Waals surface area contributed by atoms with Crippen molar-refractivity contribution < 1.29 is 4.79 Å². The first kappa shape index (κ1) is 24.3. The van der Waals surface area contributed by atoms with Crippen LogP contribution in [0.3, 0.4) is 0 Å². The Kier molecular flexibility index (Phi) is 8.56.